The zero-order valence-corrected chi connectivity index (χ0v) is 10.9. The van der Waals surface area contributed by atoms with Gasteiger partial charge in [-0.1, -0.05) is 0 Å². The molecule has 1 N–H and O–H groups in total. The van der Waals surface area contributed by atoms with E-state index in [1.165, 1.54) is 0 Å². The van der Waals surface area contributed by atoms with Crippen molar-refractivity contribution in [1.82, 2.24) is 19.7 Å². The zero-order valence-electron chi connectivity index (χ0n) is 10.9. The van der Waals surface area contributed by atoms with Crippen LogP contribution in [-0.2, 0) is 13.1 Å². The van der Waals surface area contributed by atoms with Crippen molar-refractivity contribution < 1.29 is 5.11 Å². The Morgan fingerprint density at radius 3 is 2.50 bits per heavy atom. The molecule has 0 aromatic carbocycles. The number of aromatic nitrogens is 3. The molecular weight excluding hydrogens is 204 g/mol. The summed E-state index contributed by atoms with van der Waals surface area (Å²) in [6, 6.07) is 0. The number of aryl methyl sites for hydroxylation is 1. The number of likely N-dealkylation sites (N-methyl/N-ethyl adjacent to an activating group) is 1. The van der Waals surface area contributed by atoms with Gasteiger partial charge in [0.1, 0.15) is 11.6 Å². The van der Waals surface area contributed by atoms with Crippen LogP contribution in [0.15, 0.2) is 0 Å². The van der Waals surface area contributed by atoms with Gasteiger partial charge in [-0.3, -0.25) is 4.90 Å². The van der Waals surface area contributed by atoms with Gasteiger partial charge in [-0.25, -0.2) is 0 Å². The van der Waals surface area contributed by atoms with Gasteiger partial charge in [-0.2, -0.15) is 0 Å². The van der Waals surface area contributed by atoms with Crippen molar-refractivity contribution in [3.63, 3.8) is 0 Å². The van der Waals surface area contributed by atoms with Crippen LogP contribution in [0.3, 0.4) is 0 Å². The lowest BCUT2D eigenvalue weighted by atomic mass is 10.1. The Morgan fingerprint density at radius 1 is 1.38 bits per heavy atom. The third kappa shape index (κ3) is 3.57. The van der Waals surface area contributed by atoms with Crippen LogP contribution < -0.4 is 0 Å². The van der Waals surface area contributed by atoms with E-state index in [0.29, 0.717) is 13.1 Å². The van der Waals surface area contributed by atoms with E-state index in [9.17, 15) is 5.11 Å². The number of hydrogen-bond acceptors (Lipinski definition) is 4. The van der Waals surface area contributed by atoms with Crippen LogP contribution in [0, 0.1) is 6.92 Å². The van der Waals surface area contributed by atoms with Crippen LogP contribution in [0.25, 0.3) is 0 Å². The first-order chi connectivity index (χ1) is 7.33. The summed E-state index contributed by atoms with van der Waals surface area (Å²) in [4.78, 5) is 2.05. The topological polar surface area (TPSA) is 54.2 Å². The second-order valence-corrected chi connectivity index (χ2v) is 4.89. The second kappa shape index (κ2) is 4.93. The maximum absolute atomic E-state index is 9.71. The first-order valence-electron chi connectivity index (χ1n) is 5.63. The molecule has 0 fully saturated rings. The smallest absolute Gasteiger partial charge is 0.147 e. The third-order valence-corrected chi connectivity index (χ3v) is 2.40. The molecule has 1 rings (SSSR count). The third-order valence-electron chi connectivity index (χ3n) is 2.40. The molecule has 92 valence electrons. The molecule has 0 spiro atoms. The van der Waals surface area contributed by atoms with Crippen LogP contribution in [0.4, 0.5) is 0 Å². The number of hydrogen-bond donors (Lipinski definition) is 1. The van der Waals surface area contributed by atoms with Gasteiger partial charge in [0, 0.05) is 13.1 Å². The molecule has 16 heavy (non-hydrogen) atoms. The zero-order chi connectivity index (χ0) is 12.3. The fourth-order valence-electron chi connectivity index (χ4n) is 1.91. The van der Waals surface area contributed by atoms with Gasteiger partial charge in [0.15, 0.2) is 0 Å². The lowest BCUT2D eigenvalue weighted by Crippen LogP contribution is -2.36. The van der Waals surface area contributed by atoms with E-state index in [0.717, 1.165) is 18.2 Å². The molecule has 0 unspecified atom stereocenters. The van der Waals surface area contributed by atoms with E-state index in [1.54, 1.807) is 13.8 Å². The Morgan fingerprint density at radius 2 is 2.00 bits per heavy atom. The maximum Gasteiger partial charge on any atom is 0.147 e. The maximum atomic E-state index is 9.71. The number of nitrogens with zero attached hydrogens (tertiary/aromatic N) is 4. The molecule has 0 bridgehead atoms. The fraction of sp³-hybridized carbons (Fsp3) is 0.818. The molecule has 1 aromatic rings. The summed E-state index contributed by atoms with van der Waals surface area (Å²) < 4.78 is 2.08. The lowest BCUT2D eigenvalue weighted by Gasteiger charge is -2.25. The molecule has 5 heteroatoms. The quantitative estimate of drug-likeness (QED) is 0.807. The minimum absolute atomic E-state index is 0.614. The highest BCUT2D eigenvalue weighted by molar-refractivity contribution is 4.93. The Kier molecular flexibility index (Phi) is 4.04. The minimum Gasteiger partial charge on any atom is -0.389 e. The standard InChI is InChI=1S/C11H22N4O/c1-6-15-9(2)12-13-10(15)7-14(5)8-11(3,4)16/h16H,6-8H2,1-5H3. The van der Waals surface area contributed by atoms with Crippen molar-refractivity contribution in [2.24, 2.45) is 0 Å². The molecule has 0 aliphatic carbocycles. The van der Waals surface area contributed by atoms with Crippen LogP contribution in [0.5, 0.6) is 0 Å². The van der Waals surface area contributed by atoms with Crippen molar-refractivity contribution in [2.75, 3.05) is 13.6 Å². The van der Waals surface area contributed by atoms with Crippen molar-refractivity contribution in [2.45, 2.75) is 46.4 Å². The van der Waals surface area contributed by atoms with Crippen molar-refractivity contribution >= 4 is 0 Å². The summed E-state index contributed by atoms with van der Waals surface area (Å²) in [6.45, 7) is 9.84. The molecular formula is C11H22N4O. The van der Waals surface area contributed by atoms with Gasteiger partial charge in [-0.15, -0.1) is 10.2 Å². The van der Waals surface area contributed by atoms with E-state index in [-0.39, 0.29) is 0 Å². The average molecular weight is 226 g/mol. The normalized spacial score (nSPS) is 12.4. The Labute approximate surface area is 97.1 Å². The molecule has 1 heterocycles. The Hall–Kier alpha value is -0.940. The Balaban J connectivity index is 2.66. The Bertz CT molecular complexity index is 340. The number of rotatable bonds is 5. The minimum atomic E-state index is -0.680. The largest absolute Gasteiger partial charge is 0.389 e. The predicted molar refractivity (Wildman–Crippen MR) is 63.1 cm³/mol. The summed E-state index contributed by atoms with van der Waals surface area (Å²) in [6.07, 6.45) is 0. The van der Waals surface area contributed by atoms with Crippen LogP contribution >= 0.6 is 0 Å². The summed E-state index contributed by atoms with van der Waals surface area (Å²) >= 11 is 0. The molecule has 5 nitrogen and oxygen atoms in total. The molecule has 0 aliphatic heterocycles. The monoisotopic (exact) mass is 226 g/mol. The molecule has 0 saturated carbocycles. The SMILES string of the molecule is CCn1c(C)nnc1CN(C)CC(C)(C)O. The lowest BCUT2D eigenvalue weighted by molar-refractivity contribution is 0.0415. The summed E-state index contributed by atoms with van der Waals surface area (Å²) in [5, 5.41) is 17.9. The van der Waals surface area contributed by atoms with Crippen molar-refractivity contribution in [1.29, 1.82) is 0 Å². The molecule has 0 radical (unpaired) electrons. The van der Waals surface area contributed by atoms with Gasteiger partial charge in [-0.05, 0) is 34.7 Å². The fourth-order valence-corrected chi connectivity index (χ4v) is 1.91. The molecule has 1 aromatic heterocycles. The average Bonchev–Trinajstić information content (AvgIpc) is 2.43. The van der Waals surface area contributed by atoms with E-state index >= 15 is 0 Å². The second-order valence-electron chi connectivity index (χ2n) is 4.89. The number of aliphatic hydroxyl groups is 1. The van der Waals surface area contributed by atoms with Gasteiger partial charge >= 0.3 is 0 Å². The molecule has 0 atom stereocenters. The summed E-state index contributed by atoms with van der Waals surface area (Å²) in [7, 11) is 1.97. The van der Waals surface area contributed by atoms with Gasteiger partial charge in [0.25, 0.3) is 0 Å². The van der Waals surface area contributed by atoms with Gasteiger partial charge in [0.2, 0.25) is 0 Å². The van der Waals surface area contributed by atoms with E-state index in [1.807, 2.05) is 14.0 Å². The molecule has 0 aliphatic rings. The highest BCUT2D eigenvalue weighted by Gasteiger charge is 2.17. The first kappa shape index (κ1) is 13.1. The summed E-state index contributed by atoms with van der Waals surface area (Å²) in [5.74, 6) is 1.89. The summed E-state index contributed by atoms with van der Waals surface area (Å²) in [5.41, 5.74) is -0.680. The predicted octanol–water partition coefficient (Wildman–Crippen LogP) is 0.809. The van der Waals surface area contributed by atoms with Crippen LogP contribution in [0.1, 0.15) is 32.4 Å². The first-order valence-corrected chi connectivity index (χ1v) is 5.63. The van der Waals surface area contributed by atoms with E-state index in [4.69, 9.17) is 0 Å². The highest BCUT2D eigenvalue weighted by atomic mass is 16.3. The highest BCUT2D eigenvalue weighted by Crippen LogP contribution is 2.08. The van der Waals surface area contributed by atoms with Crippen molar-refractivity contribution in [3.05, 3.63) is 11.6 Å². The van der Waals surface area contributed by atoms with Crippen LogP contribution in [-0.4, -0.2) is 44.0 Å². The van der Waals surface area contributed by atoms with Crippen LogP contribution in [0.2, 0.25) is 0 Å². The van der Waals surface area contributed by atoms with Crippen molar-refractivity contribution in [3.8, 4) is 0 Å². The molecule has 0 amide bonds. The van der Waals surface area contributed by atoms with E-state index < -0.39 is 5.60 Å². The van der Waals surface area contributed by atoms with E-state index in [2.05, 4.69) is 26.6 Å². The van der Waals surface area contributed by atoms with Gasteiger partial charge < -0.3 is 9.67 Å². The molecule has 0 saturated heterocycles. The van der Waals surface area contributed by atoms with Gasteiger partial charge in [0.05, 0.1) is 12.1 Å².